The maximum Gasteiger partial charge on any atom is -0.00200 e. The lowest BCUT2D eigenvalue weighted by molar-refractivity contribution is 1.50. The van der Waals surface area contributed by atoms with E-state index in [9.17, 15) is 0 Å². The summed E-state index contributed by atoms with van der Waals surface area (Å²) in [6.45, 7) is 4.41. The van der Waals surface area contributed by atoms with Crippen molar-refractivity contribution >= 4 is 43.1 Å². The molecule has 0 amide bonds. The number of aryl methyl sites for hydroxylation is 2. The minimum absolute atomic E-state index is 1.24. The molecule has 8 rings (SSSR count). The van der Waals surface area contributed by atoms with E-state index in [1.54, 1.807) is 0 Å². The van der Waals surface area contributed by atoms with Crippen molar-refractivity contribution in [2.75, 3.05) is 0 Å². The van der Waals surface area contributed by atoms with Crippen LogP contribution in [0.5, 0.6) is 0 Å². The fourth-order valence-corrected chi connectivity index (χ4v) is 6.87. The Labute approximate surface area is 246 Å². The summed E-state index contributed by atoms with van der Waals surface area (Å²) in [6.07, 6.45) is 0. The standard InChI is InChI=1S/C42H30/c1-27-20-22-38-39(25-27)41(35-18-10-14-30-13-6-7-15-31(30)35)37-21-19-28(2)26-40(37)42(38)36-24-23-32(29-11-4-3-5-12-29)33-16-8-9-17-34(33)36/h3-26H,1-2H3. The van der Waals surface area contributed by atoms with Crippen LogP contribution >= 0.6 is 0 Å². The van der Waals surface area contributed by atoms with Gasteiger partial charge in [-0.15, -0.1) is 0 Å². The summed E-state index contributed by atoms with van der Waals surface area (Å²) in [4.78, 5) is 0. The molecule has 0 aliphatic carbocycles. The van der Waals surface area contributed by atoms with Gasteiger partial charge in [-0.05, 0) is 90.3 Å². The van der Waals surface area contributed by atoms with Gasteiger partial charge in [0.15, 0.2) is 0 Å². The third-order valence-corrected chi connectivity index (χ3v) is 8.76. The maximum atomic E-state index is 2.39. The molecule has 0 N–H and O–H groups in total. The Kier molecular flexibility index (Phi) is 5.69. The summed E-state index contributed by atoms with van der Waals surface area (Å²) >= 11 is 0. The average molecular weight is 535 g/mol. The number of fused-ring (bicyclic) bond motifs is 4. The summed E-state index contributed by atoms with van der Waals surface area (Å²) < 4.78 is 0. The lowest BCUT2D eigenvalue weighted by atomic mass is 9.82. The third-order valence-electron chi connectivity index (χ3n) is 8.76. The van der Waals surface area contributed by atoms with E-state index >= 15 is 0 Å². The van der Waals surface area contributed by atoms with Crippen LogP contribution in [-0.2, 0) is 0 Å². The van der Waals surface area contributed by atoms with E-state index in [-0.39, 0.29) is 0 Å². The molecule has 8 aromatic rings. The molecule has 0 bridgehead atoms. The Hall–Kier alpha value is -5.20. The Balaban J connectivity index is 1.54. The van der Waals surface area contributed by atoms with Crippen LogP contribution in [0, 0.1) is 13.8 Å². The molecule has 0 fully saturated rings. The Morgan fingerprint density at radius 3 is 1.48 bits per heavy atom. The van der Waals surface area contributed by atoms with Crippen LogP contribution in [-0.4, -0.2) is 0 Å². The fourth-order valence-electron chi connectivity index (χ4n) is 6.87. The quantitative estimate of drug-likeness (QED) is 0.198. The fraction of sp³-hybridized carbons (Fsp3) is 0.0476. The van der Waals surface area contributed by atoms with Gasteiger partial charge in [-0.2, -0.15) is 0 Å². The van der Waals surface area contributed by atoms with Crippen molar-refractivity contribution < 1.29 is 0 Å². The van der Waals surface area contributed by atoms with Crippen molar-refractivity contribution in [3.63, 3.8) is 0 Å². The van der Waals surface area contributed by atoms with E-state index in [0.717, 1.165) is 0 Å². The summed E-state index contributed by atoms with van der Waals surface area (Å²) in [5.41, 5.74) is 10.2. The Bertz CT molecular complexity index is 2300. The van der Waals surface area contributed by atoms with E-state index in [2.05, 4.69) is 159 Å². The van der Waals surface area contributed by atoms with Crippen molar-refractivity contribution in [3.05, 3.63) is 157 Å². The first-order chi connectivity index (χ1) is 20.7. The second-order valence-corrected chi connectivity index (χ2v) is 11.4. The second kappa shape index (κ2) is 9.72. The van der Waals surface area contributed by atoms with Gasteiger partial charge in [-0.1, -0.05) is 157 Å². The van der Waals surface area contributed by atoms with Gasteiger partial charge in [0.1, 0.15) is 0 Å². The number of hydrogen-bond acceptors (Lipinski definition) is 0. The predicted molar refractivity (Wildman–Crippen MR) is 182 cm³/mol. The van der Waals surface area contributed by atoms with Crippen molar-refractivity contribution in [1.82, 2.24) is 0 Å². The lowest BCUT2D eigenvalue weighted by Gasteiger charge is -2.21. The zero-order valence-corrected chi connectivity index (χ0v) is 23.9. The first-order valence-electron chi connectivity index (χ1n) is 14.7. The minimum Gasteiger partial charge on any atom is -0.0622 e. The highest BCUT2D eigenvalue weighted by molar-refractivity contribution is 6.25. The zero-order chi connectivity index (χ0) is 28.2. The third kappa shape index (κ3) is 3.84. The highest BCUT2D eigenvalue weighted by atomic mass is 14.2. The average Bonchev–Trinajstić information content (AvgIpc) is 3.03. The van der Waals surface area contributed by atoms with Crippen LogP contribution in [0.1, 0.15) is 11.1 Å². The molecule has 0 spiro atoms. The monoisotopic (exact) mass is 534 g/mol. The molecule has 0 atom stereocenters. The molecule has 0 heterocycles. The summed E-state index contributed by atoms with van der Waals surface area (Å²) in [6, 6.07) is 53.7. The molecule has 8 aromatic carbocycles. The van der Waals surface area contributed by atoms with Gasteiger partial charge in [0.25, 0.3) is 0 Å². The van der Waals surface area contributed by atoms with E-state index < -0.39 is 0 Å². The molecule has 42 heavy (non-hydrogen) atoms. The van der Waals surface area contributed by atoms with Crippen LogP contribution < -0.4 is 0 Å². The van der Waals surface area contributed by atoms with Gasteiger partial charge in [-0.3, -0.25) is 0 Å². The highest BCUT2D eigenvalue weighted by Crippen LogP contribution is 2.47. The van der Waals surface area contributed by atoms with Gasteiger partial charge in [-0.25, -0.2) is 0 Å². The van der Waals surface area contributed by atoms with E-state index in [4.69, 9.17) is 0 Å². The van der Waals surface area contributed by atoms with Crippen molar-refractivity contribution in [2.24, 2.45) is 0 Å². The molecule has 0 aromatic heterocycles. The van der Waals surface area contributed by atoms with E-state index in [1.165, 1.54) is 87.6 Å². The molecule has 0 unspecified atom stereocenters. The molecule has 0 aliphatic heterocycles. The molecule has 0 saturated heterocycles. The Morgan fingerprint density at radius 1 is 0.310 bits per heavy atom. The van der Waals surface area contributed by atoms with Gasteiger partial charge >= 0.3 is 0 Å². The van der Waals surface area contributed by atoms with Crippen molar-refractivity contribution in [1.29, 1.82) is 0 Å². The SMILES string of the molecule is Cc1ccc2c(-c3ccc(-c4ccccc4)c4ccccc34)c3cc(C)ccc3c(-c3cccc4ccccc34)c2c1. The summed E-state index contributed by atoms with van der Waals surface area (Å²) in [5.74, 6) is 0. The van der Waals surface area contributed by atoms with Crippen LogP contribution in [0.3, 0.4) is 0 Å². The first kappa shape index (κ1) is 24.6. The smallest absolute Gasteiger partial charge is 0.00200 e. The topological polar surface area (TPSA) is 0 Å². The van der Waals surface area contributed by atoms with Crippen LogP contribution in [0.15, 0.2) is 146 Å². The van der Waals surface area contributed by atoms with Gasteiger partial charge < -0.3 is 0 Å². The number of hydrogen-bond donors (Lipinski definition) is 0. The van der Waals surface area contributed by atoms with Gasteiger partial charge in [0, 0.05) is 0 Å². The van der Waals surface area contributed by atoms with Gasteiger partial charge in [0.2, 0.25) is 0 Å². The molecule has 0 nitrogen and oxygen atoms in total. The van der Waals surface area contributed by atoms with E-state index in [0.29, 0.717) is 0 Å². The van der Waals surface area contributed by atoms with Crippen LogP contribution in [0.25, 0.3) is 76.5 Å². The summed E-state index contributed by atoms with van der Waals surface area (Å²) in [7, 11) is 0. The molecule has 198 valence electrons. The van der Waals surface area contributed by atoms with Crippen molar-refractivity contribution in [3.8, 4) is 33.4 Å². The number of benzene rings is 8. The number of rotatable bonds is 3. The zero-order valence-electron chi connectivity index (χ0n) is 23.9. The minimum atomic E-state index is 1.24. The predicted octanol–water partition coefficient (Wildman–Crippen LogP) is 11.9. The van der Waals surface area contributed by atoms with E-state index in [1.807, 2.05) is 0 Å². The highest BCUT2D eigenvalue weighted by Gasteiger charge is 2.20. The first-order valence-corrected chi connectivity index (χ1v) is 14.7. The largest absolute Gasteiger partial charge is 0.0622 e. The molecule has 0 radical (unpaired) electrons. The molecule has 0 heteroatoms. The van der Waals surface area contributed by atoms with Crippen LogP contribution in [0.4, 0.5) is 0 Å². The summed E-state index contributed by atoms with van der Waals surface area (Å²) in [5, 5.41) is 10.3. The second-order valence-electron chi connectivity index (χ2n) is 11.4. The van der Waals surface area contributed by atoms with Gasteiger partial charge in [0.05, 0.1) is 0 Å². The maximum absolute atomic E-state index is 2.39. The van der Waals surface area contributed by atoms with Crippen LogP contribution in [0.2, 0.25) is 0 Å². The molecular weight excluding hydrogens is 504 g/mol. The molecule has 0 saturated carbocycles. The molecule has 0 aliphatic rings. The Morgan fingerprint density at radius 2 is 0.810 bits per heavy atom. The lowest BCUT2D eigenvalue weighted by Crippen LogP contribution is -1.94. The molecular formula is C42H30. The normalized spacial score (nSPS) is 11.6. The van der Waals surface area contributed by atoms with Crippen molar-refractivity contribution in [2.45, 2.75) is 13.8 Å².